The van der Waals surface area contributed by atoms with Gasteiger partial charge in [0.15, 0.2) is 0 Å². The molecule has 1 aliphatic rings. The second kappa shape index (κ2) is 5.36. The minimum absolute atomic E-state index is 0.0861. The molecule has 0 spiro atoms. The second-order valence-electron chi connectivity index (χ2n) is 5.10. The summed E-state index contributed by atoms with van der Waals surface area (Å²) in [5.41, 5.74) is 1.80. The van der Waals surface area contributed by atoms with Crippen molar-refractivity contribution in [2.24, 2.45) is 13.0 Å². The molecule has 1 unspecified atom stereocenters. The van der Waals surface area contributed by atoms with Gasteiger partial charge in [0.2, 0.25) is 0 Å². The van der Waals surface area contributed by atoms with E-state index in [9.17, 15) is 4.79 Å². The van der Waals surface area contributed by atoms with Gasteiger partial charge in [0.25, 0.3) is 5.91 Å². The third-order valence-electron chi connectivity index (χ3n) is 3.47. The molecule has 20 heavy (non-hydrogen) atoms. The number of nitrogens with zero attached hydrogens (tertiary/aromatic N) is 2. The van der Waals surface area contributed by atoms with E-state index in [0.717, 1.165) is 12.2 Å². The average molecular weight is 271 g/mol. The van der Waals surface area contributed by atoms with Gasteiger partial charge < -0.3 is 10.1 Å². The molecule has 0 aliphatic carbocycles. The van der Waals surface area contributed by atoms with Crippen LogP contribution in [0.3, 0.4) is 0 Å². The van der Waals surface area contributed by atoms with Crippen LogP contribution >= 0.6 is 0 Å². The minimum atomic E-state index is -0.0861. The molecule has 2 aromatic rings. The number of aryl methyl sites for hydroxylation is 1. The Balaban J connectivity index is 1.56. The number of fused-ring (bicyclic) bond motifs is 1. The van der Waals surface area contributed by atoms with Gasteiger partial charge in [-0.1, -0.05) is 18.2 Å². The van der Waals surface area contributed by atoms with Crippen LogP contribution in [0.2, 0.25) is 0 Å². The standard InChI is InChI=1S/C15H17N3O2/c1-18-9-13(8-17-18)15(19)16-7-11-6-12-4-2-3-5-14(12)20-10-11/h2-5,8-9,11H,6-7,10H2,1H3,(H,16,19). The molecule has 0 fully saturated rings. The lowest BCUT2D eigenvalue weighted by Crippen LogP contribution is -2.34. The quantitative estimate of drug-likeness (QED) is 0.918. The fraction of sp³-hybridized carbons (Fsp3) is 0.333. The first-order valence-electron chi connectivity index (χ1n) is 6.70. The number of rotatable bonds is 3. The van der Waals surface area contributed by atoms with E-state index in [4.69, 9.17) is 4.74 Å². The van der Waals surface area contributed by atoms with Crippen molar-refractivity contribution >= 4 is 5.91 Å². The first-order chi connectivity index (χ1) is 9.72. The van der Waals surface area contributed by atoms with Gasteiger partial charge in [0, 0.05) is 25.7 Å². The summed E-state index contributed by atoms with van der Waals surface area (Å²) in [6, 6.07) is 8.05. The van der Waals surface area contributed by atoms with Crippen molar-refractivity contribution in [3.8, 4) is 5.75 Å². The Kier molecular flexibility index (Phi) is 3.41. The molecule has 1 N–H and O–H groups in total. The van der Waals surface area contributed by atoms with Crippen LogP contribution in [0.4, 0.5) is 0 Å². The first-order valence-corrected chi connectivity index (χ1v) is 6.70. The zero-order valence-corrected chi connectivity index (χ0v) is 11.4. The Morgan fingerprint density at radius 1 is 1.50 bits per heavy atom. The Bertz CT molecular complexity index is 621. The summed E-state index contributed by atoms with van der Waals surface area (Å²) in [4.78, 5) is 11.9. The van der Waals surface area contributed by atoms with Gasteiger partial charge in [0.1, 0.15) is 5.75 Å². The largest absolute Gasteiger partial charge is 0.493 e. The van der Waals surface area contributed by atoms with Crippen LogP contribution in [0.5, 0.6) is 5.75 Å². The Labute approximate surface area is 117 Å². The summed E-state index contributed by atoms with van der Waals surface area (Å²) in [6.07, 6.45) is 4.22. The maximum atomic E-state index is 11.9. The van der Waals surface area contributed by atoms with Crippen molar-refractivity contribution < 1.29 is 9.53 Å². The van der Waals surface area contributed by atoms with Crippen LogP contribution in [0.1, 0.15) is 15.9 Å². The highest BCUT2D eigenvalue weighted by atomic mass is 16.5. The summed E-state index contributed by atoms with van der Waals surface area (Å²) >= 11 is 0. The van der Waals surface area contributed by atoms with Gasteiger partial charge in [-0.05, 0) is 18.1 Å². The maximum absolute atomic E-state index is 11.9. The zero-order valence-electron chi connectivity index (χ0n) is 11.4. The maximum Gasteiger partial charge on any atom is 0.254 e. The number of amides is 1. The van der Waals surface area contributed by atoms with Crippen LogP contribution in [-0.2, 0) is 13.5 Å². The number of hydrogen-bond donors (Lipinski definition) is 1. The molecule has 1 amide bonds. The monoisotopic (exact) mass is 271 g/mol. The van der Waals surface area contributed by atoms with E-state index in [2.05, 4.69) is 16.5 Å². The van der Waals surface area contributed by atoms with Gasteiger partial charge in [-0.3, -0.25) is 9.48 Å². The normalized spacial score (nSPS) is 17.1. The number of nitrogens with one attached hydrogen (secondary N) is 1. The second-order valence-corrected chi connectivity index (χ2v) is 5.10. The minimum Gasteiger partial charge on any atom is -0.493 e. The van der Waals surface area contributed by atoms with Crippen LogP contribution in [0, 0.1) is 5.92 Å². The third-order valence-corrected chi connectivity index (χ3v) is 3.47. The fourth-order valence-electron chi connectivity index (χ4n) is 2.40. The van der Waals surface area contributed by atoms with Crippen molar-refractivity contribution in [2.75, 3.05) is 13.2 Å². The topological polar surface area (TPSA) is 56.2 Å². The number of para-hydroxylation sites is 1. The molecule has 1 atom stereocenters. The van der Waals surface area contributed by atoms with Crippen LogP contribution in [-0.4, -0.2) is 28.8 Å². The van der Waals surface area contributed by atoms with Crippen molar-refractivity contribution in [3.05, 3.63) is 47.8 Å². The Hall–Kier alpha value is -2.30. The molecule has 0 saturated carbocycles. The lowest BCUT2D eigenvalue weighted by molar-refractivity contribution is 0.0939. The SMILES string of the molecule is Cn1cc(C(=O)NCC2COc3ccccc3C2)cn1. The molecule has 5 nitrogen and oxygen atoms in total. The molecular weight excluding hydrogens is 254 g/mol. The van der Waals surface area contributed by atoms with Gasteiger partial charge in [-0.15, -0.1) is 0 Å². The molecule has 0 radical (unpaired) electrons. The van der Waals surface area contributed by atoms with E-state index in [-0.39, 0.29) is 5.91 Å². The predicted molar refractivity (Wildman–Crippen MR) is 74.7 cm³/mol. The average Bonchev–Trinajstić information content (AvgIpc) is 2.91. The molecule has 5 heteroatoms. The van der Waals surface area contributed by atoms with Gasteiger partial charge in [-0.2, -0.15) is 5.10 Å². The summed E-state index contributed by atoms with van der Waals surface area (Å²) in [5.74, 6) is 1.19. The van der Waals surface area contributed by atoms with Crippen molar-refractivity contribution in [1.29, 1.82) is 0 Å². The van der Waals surface area contributed by atoms with Gasteiger partial charge in [-0.25, -0.2) is 0 Å². The molecule has 0 bridgehead atoms. The van der Waals surface area contributed by atoms with Crippen LogP contribution in [0.15, 0.2) is 36.7 Å². The summed E-state index contributed by atoms with van der Waals surface area (Å²) in [6.45, 7) is 1.26. The van der Waals surface area contributed by atoms with Crippen molar-refractivity contribution in [1.82, 2.24) is 15.1 Å². The third kappa shape index (κ3) is 2.66. The Morgan fingerprint density at radius 2 is 2.35 bits per heavy atom. The highest BCUT2D eigenvalue weighted by Crippen LogP contribution is 2.26. The summed E-state index contributed by atoms with van der Waals surface area (Å²) < 4.78 is 7.33. The number of hydrogen-bond acceptors (Lipinski definition) is 3. The Morgan fingerprint density at radius 3 is 3.15 bits per heavy atom. The number of benzene rings is 1. The summed E-state index contributed by atoms with van der Waals surface area (Å²) in [5, 5.41) is 6.93. The smallest absolute Gasteiger partial charge is 0.254 e. The van der Waals surface area contributed by atoms with Gasteiger partial charge >= 0.3 is 0 Å². The molecule has 2 heterocycles. The van der Waals surface area contributed by atoms with Crippen molar-refractivity contribution in [2.45, 2.75) is 6.42 Å². The molecule has 1 aromatic carbocycles. The van der Waals surface area contributed by atoms with E-state index in [1.54, 1.807) is 24.1 Å². The molecule has 0 saturated heterocycles. The van der Waals surface area contributed by atoms with E-state index < -0.39 is 0 Å². The highest BCUT2D eigenvalue weighted by molar-refractivity contribution is 5.93. The van der Waals surface area contributed by atoms with Gasteiger partial charge in [0.05, 0.1) is 18.4 Å². The number of carbonyl (C=O) groups excluding carboxylic acids is 1. The van der Waals surface area contributed by atoms with E-state index in [1.807, 2.05) is 18.2 Å². The predicted octanol–water partition coefficient (Wildman–Crippen LogP) is 1.40. The number of aromatic nitrogens is 2. The van der Waals surface area contributed by atoms with Crippen LogP contribution < -0.4 is 10.1 Å². The van der Waals surface area contributed by atoms with E-state index in [1.165, 1.54) is 5.56 Å². The molecule has 1 aromatic heterocycles. The first kappa shape index (κ1) is 12.7. The highest BCUT2D eigenvalue weighted by Gasteiger charge is 2.20. The zero-order chi connectivity index (χ0) is 13.9. The molecule has 104 valence electrons. The fourth-order valence-corrected chi connectivity index (χ4v) is 2.40. The van der Waals surface area contributed by atoms with Crippen LogP contribution in [0.25, 0.3) is 0 Å². The molecule has 1 aliphatic heterocycles. The lowest BCUT2D eigenvalue weighted by Gasteiger charge is -2.25. The molecular formula is C15H17N3O2. The van der Waals surface area contributed by atoms with E-state index in [0.29, 0.717) is 24.6 Å². The summed E-state index contributed by atoms with van der Waals surface area (Å²) in [7, 11) is 1.79. The lowest BCUT2D eigenvalue weighted by atomic mass is 9.97. The number of ether oxygens (including phenoxy) is 1. The number of carbonyl (C=O) groups is 1. The molecule has 3 rings (SSSR count). The van der Waals surface area contributed by atoms with E-state index >= 15 is 0 Å². The van der Waals surface area contributed by atoms with Crippen molar-refractivity contribution in [3.63, 3.8) is 0 Å².